The quantitative estimate of drug-likeness (QED) is 0.119. The number of ether oxygens (including phenoxy) is 1. The van der Waals surface area contributed by atoms with Crippen LogP contribution >= 0.6 is 27.7 Å². The highest BCUT2D eigenvalue weighted by Gasteiger charge is 2.76. The molecule has 1 spiro atoms. The number of esters is 1. The summed E-state index contributed by atoms with van der Waals surface area (Å²) in [5.41, 5.74) is 0. The highest BCUT2D eigenvalue weighted by Crippen LogP contribution is 2.68. The van der Waals surface area contributed by atoms with E-state index in [1.54, 1.807) is 22.7 Å². The second-order valence-corrected chi connectivity index (χ2v) is 13.9. The van der Waals surface area contributed by atoms with Crippen LogP contribution in [0, 0.1) is 17.8 Å². The number of allylic oxidation sites excluding steroid dienone is 1. The Bertz CT molecular complexity index is 885. The molecule has 3 heterocycles. The average molecular weight is 614 g/mol. The standard InChI is InChI=1S/C29H45BrN2O5S/c1-6-9-11-13-16-37-28(36)22-23-26(34)32(21(18-33)19(4)5)25(29(23)17-20(30)24(22)38-29)27(35)31(14-8-3)15-12-10-7-2/h6,8,19-25,33H,1,3,7,9-18H2,2,4-5H3/t20?,21-,22+,23-,24+,25?,29?/m0/s1. The zero-order valence-electron chi connectivity index (χ0n) is 23.1. The number of hydrogen-bond acceptors (Lipinski definition) is 6. The Morgan fingerprint density at radius 3 is 2.61 bits per heavy atom. The second-order valence-electron chi connectivity index (χ2n) is 11.1. The minimum absolute atomic E-state index is 0.00955. The zero-order chi connectivity index (χ0) is 28.0. The van der Waals surface area contributed by atoms with Gasteiger partial charge in [-0.2, -0.15) is 0 Å². The van der Waals surface area contributed by atoms with Gasteiger partial charge in [-0.3, -0.25) is 14.4 Å². The molecule has 0 aliphatic carbocycles. The minimum atomic E-state index is -0.749. The molecule has 7 nitrogen and oxygen atoms in total. The van der Waals surface area contributed by atoms with E-state index < -0.39 is 28.7 Å². The highest BCUT2D eigenvalue weighted by atomic mass is 79.9. The van der Waals surface area contributed by atoms with E-state index in [0.717, 1.165) is 38.5 Å². The number of aliphatic hydroxyl groups excluding tert-OH is 1. The second kappa shape index (κ2) is 13.8. The summed E-state index contributed by atoms with van der Waals surface area (Å²) in [5.74, 6) is -1.98. The Kier molecular flexibility index (Phi) is 11.4. The van der Waals surface area contributed by atoms with E-state index in [-0.39, 0.29) is 40.4 Å². The van der Waals surface area contributed by atoms with Gasteiger partial charge < -0.3 is 19.6 Å². The number of aliphatic hydroxyl groups is 1. The molecule has 3 aliphatic heterocycles. The van der Waals surface area contributed by atoms with Crippen LogP contribution in [0.2, 0.25) is 0 Å². The van der Waals surface area contributed by atoms with Gasteiger partial charge in [0, 0.05) is 23.2 Å². The number of nitrogens with zero attached hydrogens (tertiary/aromatic N) is 2. The minimum Gasteiger partial charge on any atom is -0.465 e. The van der Waals surface area contributed by atoms with E-state index in [0.29, 0.717) is 26.1 Å². The maximum Gasteiger partial charge on any atom is 0.310 e. The fourth-order valence-electron chi connectivity index (χ4n) is 6.43. The van der Waals surface area contributed by atoms with Crippen LogP contribution in [-0.2, 0) is 19.1 Å². The number of carbonyl (C=O) groups excluding carboxylic acids is 3. The summed E-state index contributed by atoms with van der Waals surface area (Å²) in [6.45, 7) is 14.7. The van der Waals surface area contributed by atoms with Gasteiger partial charge in [-0.05, 0) is 38.0 Å². The van der Waals surface area contributed by atoms with Crippen molar-refractivity contribution < 1.29 is 24.2 Å². The first kappa shape index (κ1) is 31.2. The molecule has 2 bridgehead atoms. The van der Waals surface area contributed by atoms with Crippen molar-refractivity contribution in [3.63, 3.8) is 0 Å². The molecular weight excluding hydrogens is 568 g/mol. The first-order valence-corrected chi connectivity index (χ1v) is 15.9. The molecule has 3 fully saturated rings. The number of halogens is 1. The highest BCUT2D eigenvalue weighted by molar-refractivity contribution is 9.09. The van der Waals surface area contributed by atoms with Crippen molar-refractivity contribution in [3.8, 4) is 0 Å². The third-order valence-electron chi connectivity index (χ3n) is 8.29. The number of carbonyl (C=O) groups is 3. The van der Waals surface area contributed by atoms with Crippen LogP contribution in [0.15, 0.2) is 25.3 Å². The van der Waals surface area contributed by atoms with Gasteiger partial charge in [-0.25, -0.2) is 0 Å². The number of likely N-dealkylation sites (tertiary alicyclic amines) is 1. The van der Waals surface area contributed by atoms with Gasteiger partial charge in [-0.15, -0.1) is 24.9 Å². The maximum atomic E-state index is 14.4. The molecule has 214 valence electrons. The van der Waals surface area contributed by atoms with Gasteiger partial charge in [-0.1, -0.05) is 61.7 Å². The number of alkyl halides is 1. The van der Waals surface area contributed by atoms with Crippen molar-refractivity contribution in [1.29, 1.82) is 0 Å². The van der Waals surface area contributed by atoms with Crippen molar-refractivity contribution in [2.45, 2.75) is 92.6 Å². The van der Waals surface area contributed by atoms with Gasteiger partial charge in [0.15, 0.2) is 0 Å². The van der Waals surface area contributed by atoms with E-state index in [1.165, 1.54) is 0 Å². The molecule has 38 heavy (non-hydrogen) atoms. The molecule has 3 aliphatic rings. The molecule has 3 unspecified atom stereocenters. The van der Waals surface area contributed by atoms with Crippen molar-refractivity contribution in [1.82, 2.24) is 9.80 Å². The van der Waals surface area contributed by atoms with Crippen LogP contribution in [0.25, 0.3) is 0 Å². The summed E-state index contributed by atoms with van der Waals surface area (Å²) in [6, 6.07) is -1.26. The molecule has 0 aromatic rings. The largest absolute Gasteiger partial charge is 0.465 e. The monoisotopic (exact) mass is 612 g/mol. The Morgan fingerprint density at radius 1 is 1.26 bits per heavy atom. The summed E-state index contributed by atoms with van der Waals surface area (Å²) >= 11 is 5.41. The summed E-state index contributed by atoms with van der Waals surface area (Å²) in [4.78, 5) is 45.5. The molecule has 7 atom stereocenters. The van der Waals surface area contributed by atoms with Crippen molar-refractivity contribution in [2.75, 3.05) is 26.3 Å². The first-order valence-electron chi connectivity index (χ1n) is 14.1. The lowest BCUT2D eigenvalue weighted by molar-refractivity contribution is -0.154. The third kappa shape index (κ3) is 5.90. The molecule has 3 saturated heterocycles. The molecule has 0 aromatic carbocycles. The van der Waals surface area contributed by atoms with Gasteiger partial charge in [0.1, 0.15) is 6.04 Å². The van der Waals surface area contributed by atoms with Crippen LogP contribution in [0.3, 0.4) is 0 Å². The predicted molar refractivity (Wildman–Crippen MR) is 156 cm³/mol. The van der Waals surface area contributed by atoms with E-state index in [1.807, 2.05) is 24.8 Å². The van der Waals surface area contributed by atoms with E-state index >= 15 is 0 Å². The van der Waals surface area contributed by atoms with E-state index in [9.17, 15) is 19.5 Å². The molecular formula is C29H45BrN2O5S. The summed E-state index contributed by atoms with van der Waals surface area (Å²) in [6.07, 6.45) is 9.60. The summed E-state index contributed by atoms with van der Waals surface area (Å²) in [7, 11) is 0. The van der Waals surface area contributed by atoms with Crippen LogP contribution in [0.5, 0.6) is 0 Å². The zero-order valence-corrected chi connectivity index (χ0v) is 25.6. The lowest BCUT2D eigenvalue weighted by atomic mass is 9.71. The average Bonchev–Trinajstić information content (AvgIpc) is 3.47. The fraction of sp³-hybridized carbons (Fsp3) is 0.759. The molecule has 0 aromatic heterocycles. The third-order valence-corrected chi connectivity index (χ3v) is 11.5. The number of unbranched alkanes of at least 4 members (excludes halogenated alkanes) is 4. The van der Waals surface area contributed by atoms with Crippen molar-refractivity contribution in [2.24, 2.45) is 17.8 Å². The normalized spacial score (nSPS) is 30.4. The Morgan fingerprint density at radius 2 is 2.00 bits per heavy atom. The Labute approximate surface area is 240 Å². The van der Waals surface area contributed by atoms with Crippen LogP contribution in [-0.4, -0.2) is 85.9 Å². The van der Waals surface area contributed by atoms with E-state index in [2.05, 4.69) is 36.0 Å². The summed E-state index contributed by atoms with van der Waals surface area (Å²) < 4.78 is 4.96. The number of thioether (sulfide) groups is 1. The number of rotatable bonds is 16. The molecule has 0 saturated carbocycles. The molecule has 1 N–H and O–H groups in total. The summed E-state index contributed by atoms with van der Waals surface area (Å²) in [5, 5.41) is 10.2. The van der Waals surface area contributed by atoms with Gasteiger partial charge >= 0.3 is 5.97 Å². The van der Waals surface area contributed by atoms with Crippen molar-refractivity contribution in [3.05, 3.63) is 25.3 Å². The molecule has 3 rings (SSSR count). The number of fused-ring (bicyclic) bond motifs is 1. The topological polar surface area (TPSA) is 87.2 Å². The number of hydrogen-bond donors (Lipinski definition) is 1. The Hall–Kier alpha value is -1.32. The molecule has 2 amide bonds. The fourth-order valence-corrected chi connectivity index (χ4v) is 10.0. The predicted octanol–water partition coefficient (Wildman–Crippen LogP) is 4.57. The van der Waals surface area contributed by atoms with E-state index in [4.69, 9.17) is 4.74 Å². The molecule has 0 radical (unpaired) electrons. The van der Waals surface area contributed by atoms with Gasteiger partial charge in [0.05, 0.1) is 35.8 Å². The first-order chi connectivity index (χ1) is 18.2. The number of amides is 2. The van der Waals surface area contributed by atoms with Crippen LogP contribution in [0.4, 0.5) is 0 Å². The van der Waals surface area contributed by atoms with Gasteiger partial charge in [0.25, 0.3) is 0 Å². The maximum absolute atomic E-state index is 14.4. The lowest BCUT2D eigenvalue weighted by Gasteiger charge is -2.41. The van der Waals surface area contributed by atoms with Crippen molar-refractivity contribution >= 4 is 45.5 Å². The van der Waals surface area contributed by atoms with Crippen LogP contribution in [0.1, 0.15) is 65.7 Å². The Balaban J connectivity index is 1.98. The molecule has 9 heteroatoms. The lowest BCUT2D eigenvalue weighted by Crippen LogP contribution is -2.58. The van der Waals surface area contributed by atoms with Crippen LogP contribution < -0.4 is 0 Å². The SMILES string of the molecule is C=CCCCCOC(=O)[C@H]1[C@@H]2SC3(CC2Br)C(C(=O)N(CC=C)CCCCC)N([C@@H](CO)C(C)C)C(=O)[C@H]13. The van der Waals surface area contributed by atoms with Gasteiger partial charge in [0.2, 0.25) is 11.8 Å². The smallest absolute Gasteiger partial charge is 0.310 e.